The third kappa shape index (κ3) is 1.96. The van der Waals surface area contributed by atoms with E-state index in [1.807, 2.05) is 0 Å². The molecule has 0 N–H and O–H groups in total. The van der Waals surface area contributed by atoms with Crippen LogP contribution in [0.1, 0.15) is 51.4 Å². The summed E-state index contributed by atoms with van der Waals surface area (Å²) in [7, 11) is 4.40. The number of carbonyl (C=O) groups excluding carboxylic acids is 1. The van der Waals surface area contributed by atoms with Crippen LogP contribution in [0.25, 0.3) is 0 Å². The van der Waals surface area contributed by atoms with E-state index < -0.39 is 0 Å². The monoisotopic (exact) mass is 209 g/mol. The highest BCUT2D eigenvalue weighted by atomic mass is 16.1. The molecule has 0 radical (unpaired) electrons. The molecule has 2 saturated carbocycles. The van der Waals surface area contributed by atoms with Crippen molar-refractivity contribution in [3.8, 4) is 0 Å². The van der Waals surface area contributed by atoms with Gasteiger partial charge in [-0.25, -0.2) is 0 Å². The number of carbonyl (C=O) groups is 1. The maximum atomic E-state index is 11.4. The van der Waals surface area contributed by atoms with Gasteiger partial charge in [0.2, 0.25) is 0 Å². The standard InChI is InChI=1S/C13H23NO/c1-14(2)13(11-5-3-4-6-11)9-7-12(15)8-10-13/h11H,3-10H2,1-2H3. The molecule has 0 aromatic heterocycles. The summed E-state index contributed by atoms with van der Waals surface area (Å²) in [6.07, 6.45) is 9.39. The van der Waals surface area contributed by atoms with Crippen molar-refractivity contribution in [1.82, 2.24) is 4.90 Å². The summed E-state index contributed by atoms with van der Waals surface area (Å²) in [5, 5.41) is 0. The SMILES string of the molecule is CN(C)C1(C2CCCC2)CCC(=O)CC1. The van der Waals surface area contributed by atoms with Gasteiger partial charge in [0.15, 0.2) is 0 Å². The van der Waals surface area contributed by atoms with E-state index in [0.717, 1.165) is 31.6 Å². The highest BCUT2D eigenvalue weighted by molar-refractivity contribution is 5.79. The van der Waals surface area contributed by atoms with Gasteiger partial charge in [0, 0.05) is 18.4 Å². The molecule has 2 fully saturated rings. The second-order valence-corrected chi connectivity index (χ2v) is 5.52. The number of hydrogen-bond acceptors (Lipinski definition) is 2. The Morgan fingerprint density at radius 3 is 2.13 bits per heavy atom. The number of Topliss-reactive ketones (excluding diaryl/α,β-unsaturated/α-hetero) is 1. The van der Waals surface area contributed by atoms with E-state index in [0.29, 0.717) is 11.3 Å². The van der Waals surface area contributed by atoms with Crippen LogP contribution in [-0.4, -0.2) is 30.3 Å². The second kappa shape index (κ2) is 4.25. The van der Waals surface area contributed by atoms with Crippen molar-refractivity contribution in [3.05, 3.63) is 0 Å². The van der Waals surface area contributed by atoms with Crippen molar-refractivity contribution in [3.63, 3.8) is 0 Å². The molecular weight excluding hydrogens is 186 g/mol. The average Bonchev–Trinajstić information content (AvgIpc) is 2.72. The van der Waals surface area contributed by atoms with Crippen LogP contribution >= 0.6 is 0 Å². The largest absolute Gasteiger partial charge is 0.303 e. The van der Waals surface area contributed by atoms with Crippen LogP contribution in [0.5, 0.6) is 0 Å². The summed E-state index contributed by atoms with van der Waals surface area (Å²) in [4.78, 5) is 13.8. The van der Waals surface area contributed by atoms with Gasteiger partial charge in [-0.1, -0.05) is 12.8 Å². The predicted molar refractivity (Wildman–Crippen MR) is 61.9 cm³/mol. The van der Waals surface area contributed by atoms with Gasteiger partial charge in [-0.05, 0) is 45.7 Å². The van der Waals surface area contributed by atoms with Crippen LogP contribution < -0.4 is 0 Å². The Kier molecular flexibility index (Phi) is 3.15. The smallest absolute Gasteiger partial charge is 0.133 e. The highest BCUT2D eigenvalue weighted by Gasteiger charge is 2.43. The second-order valence-electron chi connectivity index (χ2n) is 5.52. The van der Waals surface area contributed by atoms with Crippen LogP contribution in [0.15, 0.2) is 0 Å². The van der Waals surface area contributed by atoms with Crippen LogP contribution in [0, 0.1) is 5.92 Å². The third-order valence-electron chi connectivity index (χ3n) is 4.68. The van der Waals surface area contributed by atoms with Gasteiger partial charge in [0.25, 0.3) is 0 Å². The van der Waals surface area contributed by atoms with E-state index in [4.69, 9.17) is 0 Å². The molecule has 0 amide bonds. The van der Waals surface area contributed by atoms with Crippen molar-refractivity contribution < 1.29 is 4.79 Å². The summed E-state index contributed by atoms with van der Waals surface area (Å²) in [5.74, 6) is 1.33. The molecule has 2 heteroatoms. The summed E-state index contributed by atoms with van der Waals surface area (Å²) in [6, 6.07) is 0. The molecule has 0 atom stereocenters. The van der Waals surface area contributed by atoms with Gasteiger partial charge in [-0.15, -0.1) is 0 Å². The maximum absolute atomic E-state index is 11.4. The van der Waals surface area contributed by atoms with Crippen LogP contribution in [0.4, 0.5) is 0 Å². The molecule has 0 spiro atoms. The first-order valence-electron chi connectivity index (χ1n) is 6.34. The maximum Gasteiger partial charge on any atom is 0.133 e. The number of rotatable bonds is 2. The first-order valence-corrected chi connectivity index (χ1v) is 6.34. The van der Waals surface area contributed by atoms with Crippen molar-refractivity contribution >= 4 is 5.78 Å². The van der Waals surface area contributed by atoms with Gasteiger partial charge in [-0.3, -0.25) is 4.79 Å². The zero-order chi connectivity index (χ0) is 10.9. The molecule has 0 saturated heterocycles. The molecular formula is C13H23NO. The van der Waals surface area contributed by atoms with Crippen LogP contribution in [0.3, 0.4) is 0 Å². The molecule has 2 aliphatic carbocycles. The van der Waals surface area contributed by atoms with E-state index in [-0.39, 0.29) is 0 Å². The number of hydrogen-bond donors (Lipinski definition) is 0. The van der Waals surface area contributed by atoms with Crippen molar-refractivity contribution in [2.45, 2.75) is 56.9 Å². The lowest BCUT2D eigenvalue weighted by molar-refractivity contribution is -0.123. The van der Waals surface area contributed by atoms with E-state index in [9.17, 15) is 4.79 Å². The lowest BCUT2D eigenvalue weighted by Crippen LogP contribution is -2.52. The predicted octanol–water partition coefficient (Wildman–Crippen LogP) is 2.62. The van der Waals surface area contributed by atoms with Crippen LogP contribution in [0.2, 0.25) is 0 Å². The third-order valence-corrected chi connectivity index (χ3v) is 4.68. The van der Waals surface area contributed by atoms with Gasteiger partial charge >= 0.3 is 0 Å². The molecule has 0 aromatic rings. The minimum Gasteiger partial charge on any atom is -0.303 e. The summed E-state index contributed by atoms with van der Waals surface area (Å²) < 4.78 is 0. The highest BCUT2D eigenvalue weighted by Crippen LogP contribution is 2.44. The van der Waals surface area contributed by atoms with Gasteiger partial charge < -0.3 is 4.90 Å². The molecule has 86 valence electrons. The fraction of sp³-hybridized carbons (Fsp3) is 0.923. The Morgan fingerprint density at radius 1 is 1.13 bits per heavy atom. The molecule has 0 aliphatic heterocycles. The van der Waals surface area contributed by atoms with E-state index >= 15 is 0 Å². The van der Waals surface area contributed by atoms with E-state index in [2.05, 4.69) is 19.0 Å². The van der Waals surface area contributed by atoms with E-state index in [1.54, 1.807) is 0 Å². The Bertz CT molecular complexity index is 231. The van der Waals surface area contributed by atoms with E-state index in [1.165, 1.54) is 25.7 Å². The Hall–Kier alpha value is -0.370. The zero-order valence-corrected chi connectivity index (χ0v) is 10.1. The first kappa shape index (κ1) is 11.1. The topological polar surface area (TPSA) is 20.3 Å². The molecule has 2 nitrogen and oxygen atoms in total. The zero-order valence-electron chi connectivity index (χ0n) is 10.1. The molecule has 0 bridgehead atoms. The minimum absolute atomic E-state index is 0.352. The quantitative estimate of drug-likeness (QED) is 0.697. The summed E-state index contributed by atoms with van der Waals surface area (Å²) in [6.45, 7) is 0. The average molecular weight is 209 g/mol. The normalized spacial score (nSPS) is 27.5. The van der Waals surface area contributed by atoms with Crippen LogP contribution in [-0.2, 0) is 4.79 Å². The Morgan fingerprint density at radius 2 is 1.67 bits per heavy atom. The van der Waals surface area contributed by atoms with Crippen molar-refractivity contribution in [1.29, 1.82) is 0 Å². The summed E-state index contributed by atoms with van der Waals surface area (Å²) in [5.41, 5.74) is 0.352. The fourth-order valence-electron chi connectivity index (χ4n) is 3.65. The molecule has 2 rings (SSSR count). The Labute approximate surface area is 93.0 Å². The number of ketones is 1. The lowest BCUT2D eigenvalue weighted by atomic mass is 9.71. The van der Waals surface area contributed by atoms with Crippen molar-refractivity contribution in [2.24, 2.45) is 5.92 Å². The van der Waals surface area contributed by atoms with Crippen molar-refractivity contribution in [2.75, 3.05) is 14.1 Å². The fourth-order valence-corrected chi connectivity index (χ4v) is 3.65. The van der Waals surface area contributed by atoms with Gasteiger partial charge in [0.1, 0.15) is 5.78 Å². The molecule has 0 aromatic carbocycles. The molecule has 0 heterocycles. The first-order chi connectivity index (χ1) is 7.15. The lowest BCUT2D eigenvalue weighted by Gasteiger charge is -2.47. The minimum atomic E-state index is 0.352. The molecule has 2 aliphatic rings. The summed E-state index contributed by atoms with van der Waals surface area (Å²) >= 11 is 0. The molecule has 15 heavy (non-hydrogen) atoms. The molecule has 0 unspecified atom stereocenters. The Balaban J connectivity index is 2.12. The van der Waals surface area contributed by atoms with Gasteiger partial charge in [0.05, 0.1) is 0 Å². The number of nitrogens with zero attached hydrogens (tertiary/aromatic N) is 1. The van der Waals surface area contributed by atoms with Gasteiger partial charge in [-0.2, -0.15) is 0 Å².